The monoisotopic (exact) mass is 541 g/mol. The molecule has 11 heteroatoms. The SMILES string of the molecule is CCCC(=O)NC1CCN(c2ccc(-c3nc4nc(O[C@@H]5CO[C@H]6[C@@H]5OC[C@H]6O)[nH]c4cc3Cl)cc2)CC1. The molecule has 0 saturated carbocycles. The summed E-state index contributed by atoms with van der Waals surface area (Å²) >= 11 is 6.61. The van der Waals surface area contributed by atoms with Gasteiger partial charge in [0, 0.05) is 36.8 Å². The third-order valence-electron chi connectivity index (χ3n) is 7.49. The van der Waals surface area contributed by atoms with Gasteiger partial charge in [0.2, 0.25) is 5.91 Å². The van der Waals surface area contributed by atoms with E-state index >= 15 is 0 Å². The third kappa shape index (κ3) is 5.05. The van der Waals surface area contributed by atoms with E-state index in [2.05, 4.69) is 32.3 Å². The molecule has 0 spiro atoms. The Morgan fingerprint density at radius 2 is 1.95 bits per heavy atom. The van der Waals surface area contributed by atoms with Gasteiger partial charge >= 0.3 is 0 Å². The number of nitrogens with zero attached hydrogens (tertiary/aromatic N) is 3. The highest BCUT2D eigenvalue weighted by molar-refractivity contribution is 6.33. The fourth-order valence-corrected chi connectivity index (χ4v) is 5.74. The van der Waals surface area contributed by atoms with Crippen LogP contribution in [0.5, 0.6) is 6.01 Å². The van der Waals surface area contributed by atoms with E-state index in [9.17, 15) is 9.90 Å². The number of benzene rings is 1. The number of carbonyl (C=O) groups excluding carboxylic acids is 1. The van der Waals surface area contributed by atoms with Crippen LogP contribution in [0.15, 0.2) is 30.3 Å². The van der Waals surface area contributed by atoms with Crippen molar-refractivity contribution in [1.29, 1.82) is 0 Å². The van der Waals surface area contributed by atoms with Crippen molar-refractivity contribution in [3.05, 3.63) is 35.4 Å². The Balaban J connectivity index is 1.12. The lowest BCUT2D eigenvalue weighted by molar-refractivity contribution is -0.121. The number of rotatable bonds is 7. The molecule has 5 heterocycles. The molecule has 0 aliphatic carbocycles. The van der Waals surface area contributed by atoms with E-state index in [0.29, 0.717) is 40.9 Å². The van der Waals surface area contributed by atoms with Crippen molar-refractivity contribution in [1.82, 2.24) is 20.3 Å². The number of hydrogen-bond acceptors (Lipinski definition) is 8. The number of pyridine rings is 1. The zero-order chi connectivity index (χ0) is 26.2. The normalized spacial score (nSPS) is 25.6. The minimum atomic E-state index is -0.635. The number of aliphatic hydroxyl groups is 1. The topological polar surface area (TPSA) is 122 Å². The van der Waals surface area contributed by atoms with Crippen LogP contribution in [0.25, 0.3) is 22.4 Å². The van der Waals surface area contributed by atoms with Gasteiger partial charge in [-0.05, 0) is 37.5 Å². The molecule has 3 aromatic rings. The van der Waals surface area contributed by atoms with Crippen molar-refractivity contribution in [2.24, 2.45) is 0 Å². The average molecular weight is 542 g/mol. The van der Waals surface area contributed by atoms with Crippen LogP contribution in [0.2, 0.25) is 5.02 Å². The number of hydrogen-bond donors (Lipinski definition) is 3. The molecule has 3 aliphatic heterocycles. The van der Waals surface area contributed by atoms with Gasteiger partial charge in [0.05, 0.1) is 29.4 Å². The molecule has 6 rings (SSSR count). The van der Waals surface area contributed by atoms with Crippen LogP contribution in [0.1, 0.15) is 32.6 Å². The first-order valence-corrected chi connectivity index (χ1v) is 13.6. The van der Waals surface area contributed by atoms with Crippen molar-refractivity contribution < 1.29 is 24.1 Å². The maximum atomic E-state index is 11.9. The maximum absolute atomic E-state index is 11.9. The molecule has 4 atom stereocenters. The number of ether oxygens (including phenoxy) is 3. The zero-order valence-corrected chi connectivity index (χ0v) is 22.0. The summed E-state index contributed by atoms with van der Waals surface area (Å²) < 4.78 is 17.2. The number of amides is 1. The number of anilines is 1. The fraction of sp³-hybridized carbons (Fsp3) is 0.519. The predicted molar refractivity (Wildman–Crippen MR) is 143 cm³/mol. The fourth-order valence-electron chi connectivity index (χ4n) is 5.48. The molecule has 0 radical (unpaired) electrons. The van der Waals surface area contributed by atoms with Crippen molar-refractivity contribution in [2.45, 2.75) is 63.1 Å². The molecule has 3 aliphatic rings. The van der Waals surface area contributed by atoms with Crippen LogP contribution in [0.3, 0.4) is 0 Å². The first-order valence-electron chi connectivity index (χ1n) is 13.3. The number of nitrogens with one attached hydrogen (secondary N) is 2. The van der Waals surface area contributed by atoms with Gasteiger partial charge < -0.3 is 34.5 Å². The summed E-state index contributed by atoms with van der Waals surface area (Å²) in [7, 11) is 0. The van der Waals surface area contributed by atoms with E-state index in [1.54, 1.807) is 6.07 Å². The smallest absolute Gasteiger partial charge is 0.296 e. The number of halogens is 1. The molecule has 0 bridgehead atoms. The molecule has 10 nitrogen and oxygen atoms in total. The molecule has 3 fully saturated rings. The largest absolute Gasteiger partial charge is 0.456 e. The number of aromatic amines is 1. The molecular formula is C27H32ClN5O5. The molecule has 0 unspecified atom stereocenters. The number of fused-ring (bicyclic) bond motifs is 2. The first kappa shape index (κ1) is 25.4. The molecule has 2 aromatic heterocycles. The van der Waals surface area contributed by atoms with E-state index in [-0.39, 0.29) is 36.9 Å². The van der Waals surface area contributed by atoms with E-state index in [4.69, 9.17) is 30.8 Å². The summed E-state index contributed by atoms with van der Waals surface area (Å²) in [6.07, 6.45) is 1.64. The summed E-state index contributed by atoms with van der Waals surface area (Å²) in [5.74, 6) is 0.149. The standard InChI is InChI=1S/C27H32ClN5O5/c1-2-3-22(35)29-16-8-10-33(11-9-16)17-6-4-15(5-7-17)23-18(28)12-19-26(31-23)32-27(30-19)38-21-14-37-24-20(34)13-36-25(21)24/h4-7,12,16,20-21,24-25,34H,2-3,8-11,13-14H2,1H3,(H,29,35)(H,30,31,32)/t20-,21-,24-,25-/m1/s1. The summed E-state index contributed by atoms with van der Waals surface area (Å²) in [5, 5.41) is 13.6. The quantitative estimate of drug-likeness (QED) is 0.417. The van der Waals surface area contributed by atoms with Crippen LogP contribution in [-0.4, -0.2) is 82.7 Å². The van der Waals surface area contributed by atoms with Gasteiger partial charge in [-0.15, -0.1) is 0 Å². The molecule has 3 saturated heterocycles. The second kappa shape index (κ2) is 10.7. The Morgan fingerprint density at radius 1 is 1.18 bits per heavy atom. The van der Waals surface area contributed by atoms with Crippen molar-refractivity contribution >= 4 is 34.4 Å². The highest BCUT2D eigenvalue weighted by Gasteiger charge is 2.48. The Kier molecular flexibility index (Phi) is 7.13. The molecule has 202 valence electrons. The number of piperidine rings is 1. The van der Waals surface area contributed by atoms with Gasteiger partial charge in [0.15, 0.2) is 11.8 Å². The van der Waals surface area contributed by atoms with Gasteiger partial charge in [-0.1, -0.05) is 30.7 Å². The van der Waals surface area contributed by atoms with Crippen LogP contribution in [0.4, 0.5) is 5.69 Å². The average Bonchev–Trinajstić information content (AvgIpc) is 3.61. The second-order valence-corrected chi connectivity index (χ2v) is 10.6. The highest BCUT2D eigenvalue weighted by atomic mass is 35.5. The molecule has 1 amide bonds. The lowest BCUT2D eigenvalue weighted by atomic mass is 10.0. The van der Waals surface area contributed by atoms with Crippen LogP contribution >= 0.6 is 11.6 Å². The molecule has 1 aromatic carbocycles. The Hall–Kier alpha value is -2.92. The van der Waals surface area contributed by atoms with Gasteiger partial charge in [0.25, 0.3) is 6.01 Å². The number of H-pyrrole nitrogens is 1. The number of imidazole rings is 1. The van der Waals surface area contributed by atoms with Crippen molar-refractivity contribution in [3.8, 4) is 17.3 Å². The van der Waals surface area contributed by atoms with Gasteiger partial charge in [-0.25, -0.2) is 4.98 Å². The number of aliphatic hydroxyl groups excluding tert-OH is 1. The Morgan fingerprint density at radius 3 is 2.71 bits per heavy atom. The predicted octanol–water partition coefficient (Wildman–Crippen LogP) is 3.07. The van der Waals surface area contributed by atoms with Gasteiger partial charge in [0.1, 0.15) is 18.3 Å². The van der Waals surface area contributed by atoms with Crippen LogP contribution in [-0.2, 0) is 14.3 Å². The molecule has 38 heavy (non-hydrogen) atoms. The minimum Gasteiger partial charge on any atom is -0.456 e. The van der Waals surface area contributed by atoms with Gasteiger partial charge in [-0.3, -0.25) is 4.79 Å². The Labute approximate surface area is 225 Å². The lowest BCUT2D eigenvalue weighted by Crippen LogP contribution is -2.44. The highest BCUT2D eigenvalue weighted by Crippen LogP contribution is 2.33. The van der Waals surface area contributed by atoms with E-state index in [1.165, 1.54) is 0 Å². The van der Waals surface area contributed by atoms with E-state index in [0.717, 1.165) is 43.6 Å². The van der Waals surface area contributed by atoms with Gasteiger partial charge in [-0.2, -0.15) is 4.98 Å². The maximum Gasteiger partial charge on any atom is 0.296 e. The molecular weight excluding hydrogens is 510 g/mol. The summed E-state index contributed by atoms with van der Waals surface area (Å²) in [4.78, 5) is 26.6. The minimum absolute atomic E-state index is 0.149. The second-order valence-electron chi connectivity index (χ2n) is 10.2. The van der Waals surface area contributed by atoms with Crippen molar-refractivity contribution in [3.63, 3.8) is 0 Å². The van der Waals surface area contributed by atoms with Crippen LogP contribution < -0.4 is 15.0 Å². The van der Waals surface area contributed by atoms with E-state index < -0.39 is 6.10 Å². The summed E-state index contributed by atoms with van der Waals surface area (Å²) in [6.45, 7) is 4.38. The summed E-state index contributed by atoms with van der Waals surface area (Å²) in [5.41, 5.74) is 3.84. The van der Waals surface area contributed by atoms with E-state index in [1.807, 2.05) is 19.1 Å². The first-order chi connectivity index (χ1) is 18.5. The van der Waals surface area contributed by atoms with Crippen molar-refractivity contribution in [2.75, 3.05) is 31.2 Å². The summed E-state index contributed by atoms with van der Waals surface area (Å²) in [6, 6.07) is 10.6. The number of aromatic nitrogens is 3. The lowest BCUT2D eigenvalue weighted by Gasteiger charge is -2.34. The Bertz CT molecular complexity index is 1290. The third-order valence-corrected chi connectivity index (χ3v) is 7.78. The number of carbonyl (C=O) groups is 1. The van der Waals surface area contributed by atoms with Crippen LogP contribution in [0, 0.1) is 0 Å². The zero-order valence-electron chi connectivity index (χ0n) is 21.2. The molecule has 3 N–H and O–H groups in total.